The van der Waals surface area contributed by atoms with Crippen molar-refractivity contribution in [1.82, 2.24) is 4.90 Å². The van der Waals surface area contributed by atoms with Crippen molar-refractivity contribution in [3.63, 3.8) is 0 Å². The molecule has 2 aromatic rings. The first-order chi connectivity index (χ1) is 13.6. The molecular weight excluding hydrogens is 390 g/mol. The molecule has 0 N–H and O–H groups in total. The topological polar surface area (TPSA) is 38.8 Å². The van der Waals surface area contributed by atoms with Gasteiger partial charge in [0.05, 0.1) is 18.8 Å². The number of nitrogens with zero attached hydrogens (tertiary/aromatic N) is 1. The summed E-state index contributed by atoms with van der Waals surface area (Å²) in [5.74, 6) is -0.0565. The smallest absolute Gasteiger partial charge is 0.310 e. The molecule has 0 bridgehead atoms. The third kappa shape index (κ3) is 5.25. The molecule has 1 atom stereocenters. The van der Waals surface area contributed by atoms with E-state index in [1.807, 2.05) is 13.2 Å². The second kappa shape index (κ2) is 10.2. The average Bonchev–Trinajstić information content (AvgIpc) is 3.31. The van der Waals surface area contributed by atoms with Gasteiger partial charge in [-0.2, -0.15) is 0 Å². The third-order valence-corrected chi connectivity index (χ3v) is 7.16. The molecule has 1 fully saturated rings. The third-order valence-electron chi connectivity index (χ3n) is 5.07. The van der Waals surface area contributed by atoms with Gasteiger partial charge in [-0.25, -0.2) is 0 Å². The fourth-order valence-corrected chi connectivity index (χ4v) is 5.49. The van der Waals surface area contributed by atoms with E-state index < -0.39 is 0 Å². The Labute approximate surface area is 175 Å². The summed E-state index contributed by atoms with van der Waals surface area (Å²) in [6.45, 7) is 9.84. The summed E-state index contributed by atoms with van der Waals surface area (Å²) in [4.78, 5) is 16.9. The number of likely N-dealkylation sites (tertiary alicyclic amines) is 1. The quantitative estimate of drug-likeness (QED) is 0.339. The lowest BCUT2D eigenvalue weighted by molar-refractivity contribution is -0.150. The Hall–Kier alpha value is -1.63. The summed E-state index contributed by atoms with van der Waals surface area (Å²) < 4.78 is 11.2. The van der Waals surface area contributed by atoms with Gasteiger partial charge in [-0.05, 0) is 74.2 Å². The van der Waals surface area contributed by atoms with E-state index in [4.69, 9.17) is 9.47 Å². The summed E-state index contributed by atoms with van der Waals surface area (Å²) in [6, 6.07) is 4.31. The maximum absolute atomic E-state index is 12.0. The van der Waals surface area contributed by atoms with Crippen molar-refractivity contribution in [3.8, 4) is 0 Å². The first kappa shape index (κ1) is 21.1. The molecule has 4 nitrogen and oxygen atoms in total. The van der Waals surface area contributed by atoms with Crippen LogP contribution in [0, 0.1) is 19.8 Å². The predicted octanol–water partition coefficient (Wildman–Crippen LogP) is 5.11. The molecule has 3 rings (SSSR count). The number of carbonyl (C=O) groups excluding carboxylic acids is 1. The number of carbonyl (C=O) groups is 1. The van der Waals surface area contributed by atoms with Crippen molar-refractivity contribution in [1.29, 1.82) is 0 Å². The molecule has 28 heavy (non-hydrogen) atoms. The highest BCUT2D eigenvalue weighted by molar-refractivity contribution is 7.14. The van der Waals surface area contributed by atoms with E-state index in [1.165, 1.54) is 26.5 Å². The first-order valence-electron chi connectivity index (χ1n) is 9.89. The highest BCUT2D eigenvalue weighted by Crippen LogP contribution is 2.35. The van der Waals surface area contributed by atoms with Crippen molar-refractivity contribution in [2.75, 3.05) is 32.8 Å². The van der Waals surface area contributed by atoms with Crippen molar-refractivity contribution >= 4 is 34.2 Å². The molecule has 1 aliphatic heterocycles. The Kier molecular flexibility index (Phi) is 7.71. The Bertz CT molecular complexity index is 766. The van der Waals surface area contributed by atoms with E-state index in [-0.39, 0.29) is 11.9 Å². The minimum atomic E-state index is -0.0587. The number of aryl methyl sites for hydroxylation is 2. The molecule has 1 aliphatic rings. The highest BCUT2D eigenvalue weighted by atomic mass is 32.1. The zero-order valence-electron chi connectivity index (χ0n) is 16.9. The SMILES string of the molecule is CCOC(=O)C1CCCN(CCOC=C(c2sccc2C)c2sccc2C)C1. The molecule has 6 heteroatoms. The molecular formula is C22H29NO3S2. The largest absolute Gasteiger partial charge is 0.499 e. The number of rotatable bonds is 8. The first-order valence-corrected chi connectivity index (χ1v) is 11.7. The Morgan fingerprint density at radius 3 is 2.46 bits per heavy atom. The van der Waals surface area contributed by atoms with E-state index in [0.29, 0.717) is 13.2 Å². The standard InChI is InChI=1S/C22H29NO3S2/c1-4-26-22(24)18-6-5-9-23(14-18)10-11-25-15-19(20-16(2)7-12-27-20)21-17(3)8-13-28-21/h7-8,12-13,15,18H,4-6,9-11,14H2,1-3H3. The van der Waals surface area contributed by atoms with Crippen LogP contribution in [0.15, 0.2) is 29.2 Å². The molecule has 0 aromatic carbocycles. The molecule has 152 valence electrons. The predicted molar refractivity (Wildman–Crippen MR) is 117 cm³/mol. The Morgan fingerprint density at radius 2 is 1.89 bits per heavy atom. The molecule has 2 aromatic heterocycles. The van der Waals surface area contributed by atoms with Crippen LogP contribution < -0.4 is 0 Å². The Morgan fingerprint density at radius 1 is 1.21 bits per heavy atom. The lowest BCUT2D eigenvalue weighted by atomic mass is 9.98. The second-order valence-corrected chi connectivity index (χ2v) is 8.99. The molecule has 0 amide bonds. The number of hydrogen-bond donors (Lipinski definition) is 0. The normalized spacial score (nSPS) is 17.3. The van der Waals surface area contributed by atoms with Crippen LogP contribution in [0.5, 0.6) is 0 Å². The van der Waals surface area contributed by atoms with Gasteiger partial charge in [0.1, 0.15) is 6.61 Å². The molecule has 3 heterocycles. The number of hydrogen-bond acceptors (Lipinski definition) is 6. The van der Waals surface area contributed by atoms with Gasteiger partial charge >= 0.3 is 5.97 Å². The van der Waals surface area contributed by atoms with E-state index in [0.717, 1.165) is 32.5 Å². The van der Waals surface area contributed by atoms with Gasteiger partial charge in [0.2, 0.25) is 0 Å². The highest BCUT2D eigenvalue weighted by Gasteiger charge is 2.26. The maximum atomic E-state index is 12.0. The van der Waals surface area contributed by atoms with Gasteiger partial charge in [0.15, 0.2) is 0 Å². The van der Waals surface area contributed by atoms with Crippen LogP contribution in [0.3, 0.4) is 0 Å². The minimum Gasteiger partial charge on any atom is -0.499 e. The van der Waals surface area contributed by atoms with Gasteiger partial charge in [0, 0.05) is 28.4 Å². The van der Waals surface area contributed by atoms with Crippen LogP contribution in [0.25, 0.3) is 5.57 Å². The van der Waals surface area contributed by atoms with Crippen LogP contribution in [0.1, 0.15) is 40.6 Å². The van der Waals surface area contributed by atoms with Crippen LogP contribution in [0.2, 0.25) is 0 Å². The summed E-state index contributed by atoms with van der Waals surface area (Å²) >= 11 is 3.51. The average molecular weight is 420 g/mol. The zero-order chi connectivity index (χ0) is 19.9. The van der Waals surface area contributed by atoms with Gasteiger partial charge in [-0.15, -0.1) is 22.7 Å². The summed E-state index contributed by atoms with van der Waals surface area (Å²) in [5, 5.41) is 4.26. The summed E-state index contributed by atoms with van der Waals surface area (Å²) in [5.41, 5.74) is 3.73. The zero-order valence-corrected chi connectivity index (χ0v) is 18.5. The molecule has 0 aliphatic carbocycles. The lowest BCUT2D eigenvalue weighted by Gasteiger charge is -2.31. The van der Waals surface area contributed by atoms with Crippen LogP contribution in [-0.4, -0.2) is 43.7 Å². The van der Waals surface area contributed by atoms with E-state index in [1.54, 1.807) is 22.7 Å². The molecule has 1 saturated heterocycles. The van der Waals surface area contributed by atoms with Crippen LogP contribution in [-0.2, 0) is 14.3 Å². The van der Waals surface area contributed by atoms with E-state index in [9.17, 15) is 4.79 Å². The summed E-state index contributed by atoms with van der Waals surface area (Å²) in [6.07, 6.45) is 3.88. The second-order valence-electron chi connectivity index (χ2n) is 7.16. The fraction of sp³-hybridized carbons (Fsp3) is 0.500. The molecule has 1 unspecified atom stereocenters. The minimum absolute atomic E-state index is 0.00217. The lowest BCUT2D eigenvalue weighted by Crippen LogP contribution is -2.40. The number of piperidine rings is 1. The van der Waals surface area contributed by atoms with Gasteiger partial charge in [-0.1, -0.05) is 0 Å². The fourth-order valence-electron chi connectivity index (χ4n) is 3.54. The Balaban J connectivity index is 1.59. The number of thiophene rings is 2. The van der Waals surface area contributed by atoms with Crippen molar-refractivity contribution in [2.24, 2.45) is 5.92 Å². The number of esters is 1. The van der Waals surface area contributed by atoms with Crippen LogP contribution >= 0.6 is 22.7 Å². The molecule has 0 saturated carbocycles. The van der Waals surface area contributed by atoms with E-state index >= 15 is 0 Å². The van der Waals surface area contributed by atoms with Crippen molar-refractivity contribution < 1.29 is 14.3 Å². The maximum Gasteiger partial charge on any atom is 0.310 e. The summed E-state index contributed by atoms with van der Waals surface area (Å²) in [7, 11) is 0. The molecule has 0 radical (unpaired) electrons. The monoisotopic (exact) mass is 419 g/mol. The van der Waals surface area contributed by atoms with Gasteiger partial charge < -0.3 is 9.47 Å². The van der Waals surface area contributed by atoms with Crippen molar-refractivity contribution in [2.45, 2.75) is 33.6 Å². The van der Waals surface area contributed by atoms with E-state index in [2.05, 4.69) is 41.6 Å². The van der Waals surface area contributed by atoms with Gasteiger partial charge in [-0.3, -0.25) is 9.69 Å². The van der Waals surface area contributed by atoms with Gasteiger partial charge in [0.25, 0.3) is 0 Å². The number of ether oxygens (including phenoxy) is 2. The van der Waals surface area contributed by atoms with Crippen molar-refractivity contribution in [3.05, 3.63) is 50.0 Å². The molecule has 0 spiro atoms. The van der Waals surface area contributed by atoms with Crippen LogP contribution in [0.4, 0.5) is 0 Å².